The molecule has 0 N–H and O–H groups in total. The third-order valence-electron chi connectivity index (χ3n) is 5.96. The number of methoxy groups -OCH3 is 3. The van der Waals surface area contributed by atoms with Gasteiger partial charge in [-0.05, 0) is 42.8 Å². The van der Waals surface area contributed by atoms with Crippen LogP contribution in [0.5, 0.6) is 17.2 Å². The number of carbonyl (C=O) groups excluding carboxylic acids is 2. The van der Waals surface area contributed by atoms with Crippen molar-refractivity contribution in [2.75, 3.05) is 48.0 Å². The van der Waals surface area contributed by atoms with Gasteiger partial charge in [0.05, 0.1) is 27.2 Å². The van der Waals surface area contributed by atoms with E-state index >= 15 is 0 Å². The summed E-state index contributed by atoms with van der Waals surface area (Å²) in [6.45, 7) is 3.21. The number of ether oxygens (including phenoxy) is 3. The molecule has 8 heteroatoms. The van der Waals surface area contributed by atoms with Gasteiger partial charge in [-0.2, -0.15) is 0 Å². The molecule has 3 rings (SSSR count). The molecule has 0 radical (unpaired) electrons. The van der Waals surface area contributed by atoms with Gasteiger partial charge in [-0.15, -0.1) is 0 Å². The van der Waals surface area contributed by atoms with E-state index in [0.717, 1.165) is 5.56 Å². The molecule has 1 aliphatic rings. The molecule has 0 bridgehead atoms. The topological polar surface area (TPSA) is 68.3 Å². The van der Waals surface area contributed by atoms with E-state index in [0.29, 0.717) is 47.5 Å². The van der Waals surface area contributed by atoms with Crippen LogP contribution in [0.3, 0.4) is 0 Å². The van der Waals surface area contributed by atoms with Gasteiger partial charge in [0.2, 0.25) is 11.7 Å². The van der Waals surface area contributed by atoms with Crippen molar-refractivity contribution in [3.8, 4) is 17.2 Å². The average molecular weight is 461 g/mol. The first-order valence-electron chi connectivity index (χ1n) is 10.4. The normalized spacial score (nSPS) is 17.8. The molecule has 1 saturated heterocycles. The fourth-order valence-electron chi connectivity index (χ4n) is 4.12. The number of hydrogen-bond acceptors (Lipinski definition) is 5. The molecule has 1 aliphatic heterocycles. The maximum absolute atomic E-state index is 13.2. The Labute approximate surface area is 193 Å². The van der Waals surface area contributed by atoms with E-state index in [9.17, 15) is 9.59 Å². The number of nitrogens with zero attached hydrogens (tertiary/aromatic N) is 2. The summed E-state index contributed by atoms with van der Waals surface area (Å²) in [5.41, 5.74) is 1.35. The zero-order valence-electron chi connectivity index (χ0n) is 19.1. The highest BCUT2D eigenvalue weighted by Gasteiger charge is 2.42. The fraction of sp³-hybridized carbons (Fsp3) is 0.417. The zero-order valence-corrected chi connectivity index (χ0v) is 19.8. The van der Waals surface area contributed by atoms with E-state index in [1.54, 1.807) is 62.4 Å². The maximum Gasteiger partial charge on any atom is 0.253 e. The summed E-state index contributed by atoms with van der Waals surface area (Å²) in [7, 11) is 6.43. The molecule has 2 atom stereocenters. The molecule has 0 aromatic heterocycles. The molecule has 0 aliphatic carbocycles. The molecule has 1 fully saturated rings. The Bertz CT molecular complexity index is 971. The van der Waals surface area contributed by atoms with Crippen LogP contribution in [0.15, 0.2) is 36.4 Å². The molecule has 2 amide bonds. The number of benzene rings is 2. The first-order valence-corrected chi connectivity index (χ1v) is 10.8. The highest BCUT2D eigenvalue weighted by molar-refractivity contribution is 6.30. The molecule has 1 heterocycles. The standard InChI is InChI=1S/C24H29ClN2O5/c1-6-26(2)24(29)19-14-27(23(28)15-8-7-9-17(25)10-15)13-18(19)16-11-20(30-3)22(32-5)21(12-16)31-4/h7-12,18-19H,6,13-14H2,1-5H3/t18-,19+/m1/s1. The number of carbonyl (C=O) groups is 2. The summed E-state index contributed by atoms with van der Waals surface area (Å²) in [4.78, 5) is 29.8. The Morgan fingerprint density at radius 2 is 1.72 bits per heavy atom. The van der Waals surface area contributed by atoms with Gasteiger partial charge in [-0.1, -0.05) is 17.7 Å². The molecule has 2 aromatic rings. The summed E-state index contributed by atoms with van der Waals surface area (Å²) in [6, 6.07) is 10.6. The quantitative estimate of drug-likeness (QED) is 0.630. The van der Waals surface area contributed by atoms with Crippen molar-refractivity contribution in [2.24, 2.45) is 5.92 Å². The van der Waals surface area contributed by atoms with Crippen molar-refractivity contribution in [1.82, 2.24) is 9.80 Å². The van der Waals surface area contributed by atoms with Crippen LogP contribution >= 0.6 is 11.6 Å². The lowest BCUT2D eigenvalue weighted by molar-refractivity contribution is -0.133. The summed E-state index contributed by atoms with van der Waals surface area (Å²) in [6.07, 6.45) is 0. The average Bonchev–Trinajstić information content (AvgIpc) is 3.26. The number of hydrogen-bond donors (Lipinski definition) is 0. The Balaban J connectivity index is 2.01. The van der Waals surface area contributed by atoms with Gasteiger partial charge in [0, 0.05) is 43.2 Å². The Morgan fingerprint density at radius 3 is 2.25 bits per heavy atom. The second kappa shape index (κ2) is 10.1. The van der Waals surface area contributed by atoms with Crippen molar-refractivity contribution in [3.05, 3.63) is 52.5 Å². The van der Waals surface area contributed by atoms with Gasteiger partial charge in [0.25, 0.3) is 5.91 Å². The maximum atomic E-state index is 13.2. The van der Waals surface area contributed by atoms with Crippen LogP contribution in [0.2, 0.25) is 5.02 Å². The lowest BCUT2D eigenvalue weighted by atomic mass is 9.87. The lowest BCUT2D eigenvalue weighted by Gasteiger charge is -2.24. The fourth-order valence-corrected chi connectivity index (χ4v) is 4.31. The van der Waals surface area contributed by atoms with Crippen LogP contribution < -0.4 is 14.2 Å². The van der Waals surface area contributed by atoms with Crippen LogP contribution in [0.25, 0.3) is 0 Å². The van der Waals surface area contributed by atoms with E-state index in [1.807, 2.05) is 19.1 Å². The smallest absolute Gasteiger partial charge is 0.253 e. The lowest BCUT2D eigenvalue weighted by Crippen LogP contribution is -2.36. The minimum Gasteiger partial charge on any atom is -0.493 e. The molecule has 172 valence electrons. The zero-order chi connectivity index (χ0) is 23.4. The molecule has 2 aromatic carbocycles. The molecular weight excluding hydrogens is 432 g/mol. The van der Waals surface area contributed by atoms with Crippen LogP contribution in [-0.2, 0) is 4.79 Å². The van der Waals surface area contributed by atoms with Crippen LogP contribution in [0.1, 0.15) is 28.8 Å². The molecular formula is C24H29ClN2O5. The molecule has 0 saturated carbocycles. The van der Waals surface area contributed by atoms with Crippen molar-refractivity contribution in [2.45, 2.75) is 12.8 Å². The summed E-state index contributed by atoms with van der Waals surface area (Å²) in [5, 5.41) is 0.495. The van der Waals surface area contributed by atoms with E-state index in [1.165, 1.54) is 0 Å². The Morgan fingerprint density at radius 1 is 1.06 bits per heavy atom. The highest BCUT2D eigenvalue weighted by Crippen LogP contribution is 2.43. The summed E-state index contributed by atoms with van der Waals surface area (Å²) < 4.78 is 16.4. The van der Waals surface area contributed by atoms with Gasteiger partial charge in [-0.25, -0.2) is 0 Å². The minimum absolute atomic E-state index is 0.00681. The summed E-state index contributed by atoms with van der Waals surface area (Å²) >= 11 is 6.08. The van der Waals surface area contributed by atoms with E-state index in [4.69, 9.17) is 25.8 Å². The predicted octanol–water partition coefficient (Wildman–Crippen LogP) is 3.70. The summed E-state index contributed by atoms with van der Waals surface area (Å²) in [5.74, 6) is 0.719. The van der Waals surface area contributed by atoms with Crippen molar-refractivity contribution in [3.63, 3.8) is 0 Å². The van der Waals surface area contributed by atoms with Crippen LogP contribution in [0, 0.1) is 5.92 Å². The number of rotatable bonds is 7. The monoisotopic (exact) mass is 460 g/mol. The van der Waals surface area contributed by atoms with Crippen molar-refractivity contribution >= 4 is 23.4 Å². The van der Waals surface area contributed by atoms with Gasteiger partial charge in [-0.3, -0.25) is 9.59 Å². The van der Waals surface area contributed by atoms with Gasteiger partial charge in [0.15, 0.2) is 11.5 Å². The van der Waals surface area contributed by atoms with Crippen LogP contribution in [-0.4, -0.2) is 69.6 Å². The Kier molecular flexibility index (Phi) is 7.51. The van der Waals surface area contributed by atoms with E-state index in [-0.39, 0.29) is 17.7 Å². The molecule has 0 spiro atoms. The minimum atomic E-state index is -0.397. The van der Waals surface area contributed by atoms with Crippen molar-refractivity contribution < 1.29 is 23.8 Å². The first-order chi connectivity index (χ1) is 15.3. The van der Waals surface area contributed by atoms with Crippen LogP contribution in [0.4, 0.5) is 0 Å². The third-order valence-corrected chi connectivity index (χ3v) is 6.20. The molecule has 32 heavy (non-hydrogen) atoms. The second-order valence-electron chi connectivity index (χ2n) is 7.74. The van der Waals surface area contributed by atoms with Crippen molar-refractivity contribution in [1.29, 1.82) is 0 Å². The molecule has 7 nitrogen and oxygen atoms in total. The SMILES string of the molecule is CCN(C)C(=O)[C@H]1CN(C(=O)c2cccc(Cl)c2)C[C@@H]1c1cc(OC)c(OC)c(OC)c1. The predicted molar refractivity (Wildman–Crippen MR) is 123 cm³/mol. The Hall–Kier alpha value is -2.93. The first kappa shape index (κ1) is 23.7. The van der Waals surface area contributed by atoms with E-state index in [2.05, 4.69) is 0 Å². The number of amides is 2. The van der Waals surface area contributed by atoms with Gasteiger partial charge < -0.3 is 24.0 Å². The number of halogens is 1. The van der Waals surface area contributed by atoms with Gasteiger partial charge in [0.1, 0.15) is 0 Å². The second-order valence-corrected chi connectivity index (χ2v) is 8.18. The van der Waals surface area contributed by atoms with Gasteiger partial charge >= 0.3 is 0 Å². The van der Waals surface area contributed by atoms with E-state index < -0.39 is 5.92 Å². The highest BCUT2D eigenvalue weighted by atomic mass is 35.5. The molecule has 0 unspecified atom stereocenters. The largest absolute Gasteiger partial charge is 0.493 e. The third kappa shape index (κ3) is 4.63. The number of likely N-dealkylation sites (tertiary alicyclic amines) is 1.